The maximum absolute atomic E-state index is 14.2. The summed E-state index contributed by atoms with van der Waals surface area (Å²) in [7, 11) is 0. The number of nitrogens with zero attached hydrogens (tertiary/aromatic N) is 1. The van der Waals surface area contributed by atoms with E-state index in [0.717, 1.165) is 10.9 Å². The van der Waals surface area contributed by atoms with Gasteiger partial charge in [0.15, 0.2) is 6.20 Å². The second-order valence-corrected chi connectivity index (χ2v) is 18.4. The van der Waals surface area contributed by atoms with Crippen LogP contribution in [0.4, 0.5) is 105 Å². The Hall–Kier alpha value is -7.75. The minimum atomic E-state index is -6.13. The predicted molar refractivity (Wildman–Crippen MR) is 246 cm³/mol. The number of ether oxygens (including phenoxy) is 1. The number of fused-ring (bicyclic) bond motifs is 1. The van der Waals surface area contributed by atoms with Gasteiger partial charge in [-0.1, -0.05) is 72.8 Å². The average Bonchev–Trinajstić information content (AvgIpc) is 1.11. The molecule has 0 radical (unpaired) electrons. The van der Waals surface area contributed by atoms with Gasteiger partial charge in [-0.2, -0.15) is 132 Å². The Morgan fingerprint density at radius 3 is 0.939 bits per heavy atom. The van der Waals surface area contributed by atoms with Crippen molar-refractivity contribution in [3.8, 4) is 0 Å². The molecule has 1 heterocycles. The number of alkyl halides is 24. The number of aromatic nitrogens is 1. The van der Waals surface area contributed by atoms with Crippen molar-refractivity contribution in [2.24, 2.45) is 0 Å². The number of pyridine rings is 1. The van der Waals surface area contributed by atoms with Crippen LogP contribution in [-0.2, 0) is 60.7 Å². The molecule has 0 saturated heterocycles. The van der Waals surface area contributed by atoms with Gasteiger partial charge in [0.25, 0.3) is 0 Å². The molecule has 0 N–H and O–H groups in total. The summed E-state index contributed by atoms with van der Waals surface area (Å²) >= 11 is 0. The van der Waals surface area contributed by atoms with Crippen molar-refractivity contribution in [1.29, 1.82) is 0 Å². The molecule has 4 nitrogen and oxygen atoms in total. The van der Waals surface area contributed by atoms with Crippen molar-refractivity contribution in [1.82, 2.24) is 0 Å². The third-order valence-electron chi connectivity index (χ3n) is 12.3. The molecule has 0 aliphatic rings. The van der Waals surface area contributed by atoms with E-state index in [2.05, 4.69) is 0 Å². The van der Waals surface area contributed by atoms with Crippen LogP contribution in [0.2, 0.25) is 0 Å². The molecule has 82 heavy (non-hydrogen) atoms. The summed E-state index contributed by atoms with van der Waals surface area (Å²) in [5.41, 5.74) is -28.2. The molecule has 0 aliphatic heterocycles. The molecule has 0 bridgehead atoms. The molecule has 0 unspecified atom stereocenters. The molecule has 0 saturated carbocycles. The number of carbonyl (C=O) groups is 2. The summed E-state index contributed by atoms with van der Waals surface area (Å²) in [5.74, 6) is -0.387. The number of halogens is 24. The third-order valence-corrected chi connectivity index (χ3v) is 12.3. The van der Waals surface area contributed by atoms with E-state index in [4.69, 9.17) is 4.74 Å². The van der Waals surface area contributed by atoms with E-state index in [1.165, 1.54) is 0 Å². The fourth-order valence-corrected chi connectivity index (χ4v) is 8.75. The molecular weight excluding hydrogens is 1170 g/mol. The lowest BCUT2D eigenvalue weighted by Crippen LogP contribution is -2.75. The Kier molecular flexibility index (Phi) is 17.2. The van der Waals surface area contributed by atoms with E-state index < -0.39 is 195 Å². The largest absolute Gasteiger partial charge is 0.459 e. The van der Waals surface area contributed by atoms with Crippen molar-refractivity contribution in [2.45, 2.75) is 75.9 Å². The SMILES string of the molecule is CC(C)OC(=O)c1ccc(C(=O)C[n+]2cccc3ccccc32)cc1.FC(F)(F)c1cc([B-](c2cc(C(F)(F)F)cc(C(F)(F)F)c2)(c2cc(C(F)(F)F)cc(C(F)(F)F)c2)c2cc(C(F)(F)F)cc(C(F)(F)F)c2)cc(C(F)(F)F)c1. The molecule has 0 spiro atoms. The second kappa shape index (κ2) is 22.2. The monoisotopic (exact) mass is 1200 g/mol. The van der Waals surface area contributed by atoms with Crippen LogP contribution in [0.3, 0.4) is 0 Å². The molecule has 0 atom stereocenters. The molecule has 7 aromatic rings. The number of rotatable bonds is 9. The Morgan fingerprint density at radius 2 is 0.659 bits per heavy atom. The molecule has 1 aromatic heterocycles. The molecule has 0 aliphatic carbocycles. The van der Waals surface area contributed by atoms with Crippen LogP contribution in [0.1, 0.15) is 79.1 Å². The highest BCUT2D eigenvalue weighted by atomic mass is 19.4. The molecule has 29 heteroatoms. The van der Waals surface area contributed by atoms with E-state index in [-0.39, 0.29) is 24.4 Å². The van der Waals surface area contributed by atoms with E-state index in [0.29, 0.717) is 11.1 Å². The maximum Gasteiger partial charge on any atom is 0.416 e. The van der Waals surface area contributed by atoms with Gasteiger partial charge < -0.3 is 4.74 Å². The van der Waals surface area contributed by atoms with Crippen LogP contribution in [0.15, 0.2) is 140 Å². The number of para-hydroxylation sites is 1. The zero-order valence-electron chi connectivity index (χ0n) is 40.9. The highest BCUT2D eigenvalue weighted by Crippen LogP contribution is 2.41. The van der Waals surface area contributed by atoms with Gasteiger partial charge in [0.05, 0.1) is 56.2 Å². The van der Waals surface area contributed by atoms with Gasteiger partial charge in [0, 0.05) is 23.1 Å². The number of benzene rings is 6. The molecule has 6 aromatic carbocycles. The topological polar surface area (TPSA) is 47.3 Å². The van der Waals surface area contributed by atoms with E-state index in [9.17, 15) is 115 Å². The van der Waals surface area contributed by atoms with Gasteiger partial charge in [-0.15, -0.1) is 0 Å². The third kappa shape index (κ3) is 14.5. The number of esters is 1. The van der Waals surface area contributed by atoms with Crippen molar-refractivity contribution in [3.63, 3.8) is 0 Å². The minimum Gasteiger partial charge on any atom is -0.459 e. The average molecular weight is 1200 g/mol. The summed E-state index contributed by atoms with van der Waals surface area (Å²) in [4.78, 5) is 24.4. The Balaban J connectivity index is 0.000000357. The lowest BCUT2D eigenvalue weighted by Gasteiger charge is -2.46. The van der Waals surface area contributed by atoms with E-state index in [1.807, 2.05) is 47.2 Å². The van der Waals surface area contributed by atoms with Crippen molar-refractivity contribution in [2.75, 3.05) is 0 Å². The minimum absolute atomic E-state index is 0.00914. The Bertz CT molecular complexity index is 3050. The summed E-state index contributed by atoms with van der Waals surface area (Å²) < 4.78 is 348. The van der Waals surface area contributed by atoms with Crippen LogP contribution >= 0.6 is 0 Å². The summed E-state index contributed by atoms with van der Waals surface area (Å²) in [6.07, 6.45) is -53.1. The number of ketones is 1. The zero-order chi connectivity index (χ0) is 61.7. The molecule has 7 rings (SSSR count). The van der Waals surface area contributed by atoms with Crippen LogP contribution in [-0.4, -0.2) is 24.0 Å². The highest BCUT2D eigenvalue weighted by molar-refractivity contribution is 7.20. The molecule has 0 amide bonds. The maximum atomic E-state index is 14.2. The Morgan fingerprint density at radius 1 is 0.390 bits per heavy atom. The number of hydrogen-bond acceptors (Lipinski definition) is 3. The van der Waals surface area contributed by atoms with Gasteiger partial charge in [0.2, 0.25) is 17.8 Å². The van der Waals surface area contributed by atoms with Crippen LogP contribution in [0.5, 0.6) is 0 Å². The van der Waals surface area contributed by atoms with Crippen molar-refractivity contribution < 1.29 is 124 Å². The van der Waals surface area contributed by atoms with E-state index in [1.54, 1.807) is 38.1 Å². The lowest BCUT2D eigenvalue weighted by atomic mass is 9.12. The van der Waals surface area contributed by atoms with Crippen LogP contribution < -0.4 is 26.4 Å². The summed E-state index contributed by atoms with van der Waals surface area (Å²) in [5, 5.41) is 1.09. The second-order valence-electron chi connectivity index (χ2n) is 18.4. The molecule has 438 valence electrons. The first-order valence-corrected chi connectivity index (χ1v) is 22.9. The molecular formula is C53H32BF24NO3. The highest BCUT2D eigenvalue weighted by Gasteiger charge is 2.47. The quantitative estimate of drug-likeness (QED) is 0.0476. The fourth-order valence-electron chi connectivity index (χ4n) is 8.75. The number of carbonyl (C=O) groups excluding carboxylic acids is 2. The predicted octanol–water partition coefficient (Wildman–Crippen LogP) is 14.8. The lowest BCUT2D eigenvalue weighted by molar-refractivity contribution is -0.657. The van der Waals surface area contributed by atoms with Crippen molar-refractivity contribution >= 4 is 50.7 Å². The fraction of sp³-hybridized carbons (Fsp3) is 0.226. The van der Waals surface area contributed by atoms with Gasteiger partial charge in [0.1, 0.15) is 6.15 Å². The number of Topliss-reactive ketones (excluding diaryl/α,β-unsaturated/α-hetero) is 1. The smallest absolute Gasteiger partial charge is 0.416 e. The van der Waals surface area contributed by atoms with Gasteiger partial charge in [-0.05, 0) is 62.4 Å². The van der Waals surface area contributed by atoms with Crippen molar-refractivity contribution in [3.05, 3.63) is 195 Å². The Labute approximate surface area is 445 Å². The number of hydrogen-bond donors (Lipinski definition) is 0. The zero-order valence-corrected chi connectivity index (χ0v) is 40.9. The van der Waals surface area contributed by atoms with Gasteiger partial charge >= 0.3 is 55.4 Å². The standard InChI is InChI=1S/C32H12BF24.C21H20NO3/c34-25(35,36)13-1-14(26(37,38)39)6-21(5-13)33(22-7-15(27(40,41)42)2-16(8-22)28(43,44)45,23-9-17(29(46,47)48)3-18(10-23)30(49,50)51)24-11-19(31(52,53)54)4-20(12-24)32(55,56)57;1-15(2)25-21(24)18-11-9-17(10-12-18)20(23)14-22-13-5-7-16-6-3-4-8-19(16)22/h1-12H;3-13,15H,14H2,1-2H3/q-1;+1. The normalized spacial score (nSPS) is 13.3. The first-order chi connectivity index (χ1) is 37.3. The first-order valence-electron chi connectivity index (χ1n) is 22.9. The summed E-state index contributed by atoms with van der Waals surface area (Å²) in [6.45, 7) is 3.85. The summed E-state index contributed by atoms with van der Waals surface area (Å²) in [6, 6.07) is 9.69. The van der Waals surface area contributed by atoms with Crippen LogP contribution in [0, 0.1) is 0 Å². The van der Waals surface area contributed by atoms with Crippen LogP contribution in [0.25, 0.3) is 10.9 Å². The first kappa shape index (κ1) is 63.4. The van der Waals surface area contributed by atoms with E-state index >= 15 is 0 Å². The molecule has 0 fully saturated rings. The van der Waals surface area contributed by atoms with Gasteiger partial charge in [-0.25, -0.2) is 4.79 Å². The van der Waals surface area contributed by atoms with Gasteiger partial charge in [-0.3, -0.25) is 4.79 Å².